The molecule has 1 rings (SSSR count). The Bertz CT molecular complexity index is 344. The summed E-state index contributed by atoms with van der Waals surface area (Å²) < 4.78 is 0. The Balaban J connectivity index is 3.52. The molecule has 0 aromatic rings. The van der Waals surface area contributed by atoms with Gasteiger partial charge in [0.1, 0.15) is 0 Å². The first-order valence-corrected chi connectivity index (χ1v) is 8.06. The second-order valence-electron chi connectivity index (χ2n) is 9.94. The molecule has 1 saturated carbocycles. The monoisotopic (exact) mass is 266 g/mol. The lowest BCUT2D eigenvalue weighted by Gasteiger charge is -2.83. The van der Waals surface area contributed by atoms with E-state index in [0.29, 0.717) is 32.5 Å². The lowest BCUT2D eigenvalue weighted by Crippen LogP contribution is -2.78. The molecule has 0 unspecified atom stereocenters. The first-order chi connectivity index (χ1) is 8.06. The fraction of sp³-hybridized carbons (Fsp3) is 1.00. The van der Waals surface area contributed by atoms with Gasteiger partial charge in [0.05, 0.1) is 0 Å². The minimum atomic E-state index is 0.293. The standard InChI is InChI=1S/C19H38/c1-13-18(11)16(7,8)19(12,17(18,9)10)15(5,6)14(2,3)4/h13H2,1-12H3. The first kappa shape index (κ1) is 17.1. The van der Waals surface area contributed by atoms with Crippen LogP contribution < -0.4 is 0 Å². The van der Waals surface area contributed by atoms with Gasteiger partial charge in [0.15, 0.2) is 0 Å². The summed E-state index contributed by atoms with van der Waals surface area (Å²) in [7, 11) is 0. The molecule has 1 fully saturated rings. The van der Waals surface area contributed by atoms with Crippen molar-refractivity contribution in [2.75, 3.05) is 0 Å². The van der Waals surface area contributed by atoms with Crippen molar-refractivity contribution in [1.29, 1.82) is 0 Å². The Morgan fingerprint density at radius 1 is 0.684 bits per heavy atom. The summed E-state index contributed by atoms with van der Waals surface area (Å²) >= 11 is 0. The first-order valence-electron chi connectivity index (χ1n) is 8.06. The molecule has 0 heterocycles. The van der Waals surface area contributed by atoms with E-state index in [-0.39, 0.29) is 0 Å². The molecule has 0 bridgehead atoms. The molecule has 0 spiro atoms. The van der Waals surface area contributed by atoms with Crippen LogP contribution in [0.1, 0.15) is 89.5 Å². The van der Waals surface area contributed by atoms with Gasteiger partial charge in [-0.15, -0.1) is 0 Å². The molecule has 1 aliphatic rings. The van der Waals surface area contributed by atoms with Crippen LogP contribution in [0.5, 0.6) is 0 Å². The largest absolute Gasteiger partial charge is 0.0648 e. The van der Waals surface area contributed by atoms with Crippen molar-refractivity contribution < 1.29 is 0 Å². The number of hydrogen-bond donors (Lipinski definition) is 0. The van der Waals surface area contributed by atoms with Crippen LogP contribution in [0.25, 0.3) is 0 Å². The normalized spacial score (nSPS) is 37.9. The molecule has 0 aliphatic heterocycles. The summed E-state index contributed by atoms with van der Waals surface area (Å²) in [6.07, 6.45) is 1.27. The maximum absolute atomic E-state index is 2.55. The van der Waals surface area contributed by atoms with Crippen LogP contribution >= 0.6 is 0 Å². The number of hydrogen-bond acceptors (Lipinski definition) is 0. The van der Waals surface area contributed by atoms with E-state index in [1.54, 1.807) is 0 Å². The topological polar surface area (TPSA) is 0 Å². The molecule has 0 N–H and O–H groups in total. The molecule has 114 valence electrons. The zero-order chi connectivity index (χ0) is 15.7. The fourth-order valence-electron chi connectivity index (χ4n) is 5.80. The van der Waals surface area contributed by atoms with Crippen LogP contribution in [-0.2, 0) is 0 Å². The highest BCUT2D eigenvalue weighted by atomic mass is 14.8. The Labute approximate surface area is 122 Å². The average molecular weight is 267 g/mol. The van der Waals surface area contributed by atoms with Crippen molar-refractivity contribution in [3.8, 4) is 0 Å². The molecule has 0 amide bonds. The zero-order valence-corrected chi connectivity index (χ0v) is 15.7. The van der Waals surface area contributed by atoms with Crippen molar-refractivity contribution in [2.24, 2.45) is 32.5 Å². The van der Waals surface area contributed by atoms with Gasteiger partial charge in [0.25, 0.3) is 0 Å². The summed E-state index contributed by atoms with van der Waals surface area (Å²) in [6, 6.07) is 0. The van der Waals surface area contributed by atoms with Gasteiger partial charge >= 0.3 is 0 Å². The predicted octanol–water partition coefficient (Wildman–Crippen LogP) is 6.55. The Morgan fingerprint density at radius 2 is 1.00 bits per heavy atom. The van der Waals surface area contributed by atoms with Crippen LogP contribution in [0.3, 0.4) is 0 Å². The quantitative estimate of drug-likeness (QED) is 0.532. The van der Waals surface area contributed by atoms with Gasteiger partial charge in [0.2, 0.25) is 0 Å². The van der Waals surface area contributed by atoms with Crippen LogP contribution in [0.2, 0.25) is 0 Å². The fourth-order valence-corrected chi connectivity index (χ4v) is 5.80. The van der Waals surface area contributed by atoms with E-state index >= 15 is 0 Å². The molecule has 0 nitrogen and oxygen atoms in total. The van der Waals surface area contributed by atoms with Crippen molar-refractivity contribution in [3.63, 3.8) is 0 Å². The minimum Gasteiger partial charge on any atom is -0.0648 e. The molecule has 19 heavy (non-hydrogen) atoms. The summed E-state index contributed by atoms with van der Waals surface area (Å²) in [6.45, 7) is 29.7. The third-order valence-corrected chi connectivity index (χ3v) is 9.09. The van der Waals surface area contributed by atoms with E-state index in [0.717, 1.165) is 0 Å². The Morgan fingerprint density at radius 3 is 1.21 bits per heavy atom. The number of rotatable bonds is 2. The SMILES string of the molecule is CCC1(C)C(C)(C)C(C)(C(C)(C)C(C)(C)C)C1(C)C. The van der Waals surface area contributed by atoms with Gasteiger partial charge in [-0.3, -0.25) is 0 Å². The van der Waals surface area contributed by atoms with Gasteiger partial charge in [-0.1, -0.05) is 83.1 Å². The second-order valence-corrected chi connectivity index (χ2v) is 9.94. The highest BCUT2D eigenvalue weighted by Crippen LogP contribution is 2.85. The van der Waals surface area contributed by atoms with E-state index in [1.165, 1.54) is 6.42 Å². The summed E-state index contributed by atoms with van der Waals surface area (Å²) in [5.74, 6) is 0. The lowest BCUT2D eigenvalue weighted by atomic mass is 9.21. The van der Waals surface area contributed by atoms with E-state index < -0.39 is 0 Å². The third-order valence-electron chi connectivity index (χ3n) is 9.09. The second kappa shape index (κ2) is 3.80. The van der Waals surface area contributed by atoms with Gasteiger partial charge in [-0.2, -0.15) is 0 Å². The molecule has 0 aromatic heterocycles. The van der Waals surface area contributed by atoms with E-state index in [1.807, 2.05) is 0 Å². The van der Waals surface area contributed by atoms with Gasteiger partial charge in [-0.05, 0) is 38.9 Å². The zero-order valence-electron chi connectivity index (χ0n) is 15.7. The maximum Gasteiger partial charge on any atom is -0.0156 e. The molecular weight excluding hydrogens is 228 g/mol. The summed E-state index contributed by atoms with van der Waals surface area (Å²) in [4.78, 5) is 0. The molecular formula is C19H38. The van der Waals surface area contributed by atoms with E-state index in [9.17, 15) is 0 Å². The molecule has 0 radical (unpaired) electrons. The molecule has 0 atom stereocenters. The lowest BCUT2D eigenvalue weighted by molar-refractivity contribution is -0.359. The van der Waals surface area contributed by atoms with E-state index in [2.05, 4.69) is 83.1 Å². The minimum absolute atomic E-state index is 0.293. The third kappa shape index (κ3) is 1.42. The highest BCUT2D eigenvalue weighted by Gasteiger charge is 2.79. The molecule has 0 aromatic carbocycles. The molecule has 0 heteroatoms. The Hall–Kier alpha value is 0. The van der Waals surface area contributed by atoms with Crippen LogP contribution in [0, 0.1) is 32.5 Å². The van der Waals surface area contributed by atoms with Crippen molar-refractivity contribution in [1.82, 2.24) is 0 Å². The van der Waals surface area contributed by atoms with Crippen LogP contribution in [0.15, 0.2) is 0 Å². The van der Waals surface area contributed by atoms with Crippen LogP contribution in [-0.4, -0.2) is 0 Å². The van der Waals surface area contributed by atoms with Crippen LogP contribution in [0.4, 0.5) is 0 Å². The average Bonchev–Trinajstić information content (AvgIpc) is 2.23. The van der Waals surface area contributed by atoms with Gasteiger partial charge in [-0.25, -0.2) is 0 Å². The van der Waals surface area contributed by atoms with Crippen molar-refractivity contribution in [2.45, 2.75) is 89.5 Å². The predicted molar refractivity (Wildman–Crippen MR) is 87.3 cm³/mol. The van der Waals surface area contributed by atoms with Crippen molar-refractivity contribution >= 4 is 0 Å². The molecule has 1 aliphatic carbocycles. The summed E-state index contributed by atoms with van der Waals surface area (Å²) in [5.41, 5.74) is 2.06. The highest BCUT2D eigenvalue weighted by molar-refractivity contribution is 5.26. The van der Waals surface area contributed by atoms with Gasteiger partial charge in [0, 0.05) is 0 Å². The maximum atomic E-state index is 2.55. The van der Waals surface area contributed by atoms with E-state index in [4.69, 9.17) is 0 Å². The van der Waals surface area contributed by atoms with Crippen molar-refractivity contribution in [3.05, 3.63) is 0 Å². The molecule has 0 saturated heterocycles. The summed E-state index contributed by atoms with van der Waals surface area (Å²) in [5, 5.41) is 0. The van der Waals surface area contributed by atoms with Gasteiger partial charge < -0.3 is 0 Å². The Kier molecular flexibility index (Phi) is 3.41. The smallest absolute Gasteiger partial charge is 0.0156 e.